The van der Waals surface area contributed by atoms with E-state index >= 15 is 0 Å². The Labute approximate surface area is 133 Å². The van der Waals surface area contributed by atoms with E-state index in [2.05, 4.69) is 33.4 Å². The average Bonchev–Trinajstić information content (AvgIpc) is 2.37. The molecule has 1 rings (SSSR count). The summed E-state index contributed by atoms with van der Waals surface area (Å²) in [5.74, 6) is 0. The summed E-state index contributed by atoms with van der Waals surface area (Å²) in [7, 11) is 0. The van der Waals surface area contributed by atoms with E-state index in [9.17, 15) is 0 Å². The lowest BCUT2D eigenvalue weighted by Crippen LogP contribution is -1.95. The van der Waals surface area contributed by atoms with Crippen LogP contribution in [-0.4, -0.2) is 0 Å². The maximum Gasteiger partial charge on any atom is -0.0279 e. The van der Waals surface area contributed by atoms with Crippen molar-refractivity contribution in [2.45, 2.75) is 74.1 Å². The zero-order chi connectivity index (χ0) is 13.8. The van der Waals surface area contributed by atoms with Gasteiger partial charge in [0, 0.05) is 0 Å². The summed E-state index contributed by atoms with van der Waals surface area (Å²) in [5.41, 5.74) is 5.64. The fourth-order valence-electron chi connectivity index (χ4n) is 1.66. The molecule has 1 heteroatoms. The predicted octanol–water partition coefficient (Wildman–Crippen LogP) is 7.07. The Morgan fingerprint density at radius 2 is 1.44 bits per heavy atom. The van der Waals surface area contributed by atoms with E-state index in [0.717, 1.165) is 0 Å². The first kappa shape index (κ1) is 23.1. The standard InChI is InChI=1S/C13H20.2C2H6.HI/c1-10(2)12(4)9-13-8-6-5-7-11(13)3;2*1-2;/h9H,1,5-8H2,2-4H3;2*1-2H3;1H/b12-9-;;;. The maximum atomic E-state index is 3.95. The van der Waals surface area contributed by atoms with Gasteiger partial charge in [-0.15, -0.1) is 24.0 Å². The second kappa shape index (κ2) is 15.0. The molecule has 0 spiro atoms. The van der Waals surface area contributed by atoms with Crippen LogP contribution in [0, 0.1) is 0 Å². The molecule has 1 aliphatic carbocycles. The molecule has 0 atom stereocenters. The predicted molar refractivity (Wildman–Crippen MR) is 97.9 cm³/mol. The second-order valence-corrected chi connectivity index (χ2v) is 4.12. The molecule has 0 aliphatic heterocycles. The van der Waals surface area contributed by atoms with Crippen molar-refractivity contribution < 1.29 is 0 Å². The monoisotopic (exact) mass is 364 g/mol. The molecule has 0 nitrogen and oxygen atoms in total. The van der Waals surface area contributed by atoms with Crippen LogP contribution in [0.25, 0.3) is 0 Å². The summed E-state index contributed by atoms with van der Waals surface area (Å²) in [6, 6.07) is 0. The molecular weight excluding hydrogens is 331 g/mol. The molecule has 0 amide bonds. The Kier molecular flexibility index (Phi) is 19.2. The van der Waals surface area contributed by atoms with E-state index in [4.69, 9.17) is 0 Å². The van der Waals surface area contributed by atoms with E-state index in [-0.39, 0.29) is 24.0 Å². The van der Waals surface area contributed by atoms with Gasteiger partial charge >= 0.3 is 0 Å². The summed E-state index contributed by atoms with van der Waals surface area (Å²) < 4.78 is 0. The van der Waals surface area contributed by atoms with Crippen LogP contribution in [0.4, 0.5) is 0 Å². The SMILES string of the molecule is C=C(C)/C(C)=C\C1=C(C)CCCC1.CC.CC.I. The first-order chi connectivity index (χ1) is 8.11. The summed E-state index contributed by atoms with van der Waals surface area (Å²) in [4.78, 5) is 0. The van der Waals surface area contributed by atoms with Crippen molar-refractivity contribution in [1.29, 1.82) is 0 Å². The molecule has 0 fully saturated rings. The van der Waals surface area contributed by atoms with Crippen LogP contribution in [0.1, 0.15) is 74.1 Å². The van der Waals surface area contributed by atoms with E-state index in [0.29, 0.717) is 0 Å². The highest BCUT2D eigenvalue weighted by Crippen LogP contribution is 2.26. The molecule has 0 N–H and O–H groups in total. The smallest absolute Gasteiger partial charge is 0.0279 e. The molecule has 1 aliphatic rings. The normalized spacial score (nSPS) is 14.5. The molecule has 0 saturated heterocycles. The zero-order valence-electron chi connectivity index (χ0n) is 13.5. The third-order valence-electron chi connectivity index (χ3n) is 2.86. The van der Waals surface area contributed by atoms with Crippen molar-refractivity contribution in [2.24, 2.45) is 0 Å². The lowest BCUT2D eigenvalue weighted by atomic mass is 9.91. The third-order valence-corrected chi connectivity index (χ3v) is 2.86. The summed E-state index contributed by atoms with van der Waals surface area (Å²) in [6.07, 6.45) is 7.59. The largest absolute Gasteiger partial charge is 0.107 e. The molecule has 0 radical (unpaired) electrons. The molecule has 108 valence electrons. The average molecular weight is 364 g/mol. The zero-order valence-corrected chi connectivity index (χ0v) is 15.9. The van der Waals surface area contributed by atoms with Gasteiger partial charge in [-0.25, -0.2) is 0 Å². The van der Waals surface area contributed by atoms with Crippen molar-refractivity contribution in [3.05, 3.63) is 34.9 Å². The van der Waals surface area contributed by atoms with E-state index in [1.54, 1.807) is 11.1 Å². The summed E-state index contributed by atoms with van der Waals surface area (Å²) in [6.45, 7) is 18.4. The minimum Gasteiger partial charge on any atom is -0.107 e. The van der Waals surface area contributed by atoms with E-state index < -0.39 is 0 Å². The molecule has 0 bridgehead atoms. The van der Waals surface area contributed by atoms with Crippen LogP contribution in [-0.2, 0) is 0 Å². The minimum atomic E-state index is 0. The molecule has 0 aromatic carbocycles. The van der Waals surface area contributed by atoms with Gasteiger partial charge in [0.15, 0.2) is 0 Å². The van der Waals surface area contributed by atoms with Gasteiger partial charge in [-0.2, -0.15) is 0 Å². The number of halogens is 1. The Morgan fingerprint density at radius 1 is 1.00 bits per heavy atom. The number of allylic oxidation sites excluding steroid dienone is 5. The quantitative estimate of drug-likeness (QED) is 0.363. The van der Waals surface area contributed by atoms with Crippen LogP contribution < -0.4 is 0 Å². The van der Waals surface area contributed by atoms with Crippen LogP contribution in [0.2, 0.25) is 0 Å². The molecule has 18 heavy (non-hydrogen) atoms. The van der Waals surface area contributed by atoms with Crippen molar-refractivity contribution in [3.8, 4) is 0 Å². The van der Waals surface area contributed by atoms with Gasteiger partial charge in [0.2, 0.25) is 0 Å². The topological polar surface area (TPSA) is 0 Å². The van der Waals surface area contributed by atoms with Crippen LogP contribution in [0.15, 0.2) is 34.9 Å². The Morgan fingerprint density at radius 3 is 1.83 bits per heavy atom. The lowest BCUT2D eigenvalue weighted by molar-refractivity contribution is 0.682. The van der Waals surface area contributed by atoms with Crippen molar-refractivity contribution in [3.63, 3.8) is 0 Å². The van der Waals surface area contributed by atoms with Crippen LogP contribution in [0.3, 0.4) is 0 Å². The number of rotatable bonds is 2. The highest BCUT2D eigenvalue weighted by Gasteiger charge is 2.06. The van der Waals surface area contributed by atoms with Gasteiger partial charge in [-0.3, -0.25) is 0 Å². The third kappa shape index (κ3) is 9.93. The minimum absolute atomic E-state index is 0. The van der Waals surface area contributed by atoms with Crippen molar-refractivity contribution >= 4 is 24.0 Å². The van der Waals surface area contributed by atoms with Gasteiger partial charge in [0.1, 0.15) is 0 Å². The Hall–Kier alpha value is -0.0500. The fourth-order valence-corrected chi connectivity index (χ4v) is 1.66. The molecular formula is C17H33I. The van der Waals surface area contributed by atoms with Crippen molar-refractivity contribution in [2.75, 3.05) is 0 Å². The number of hydrogen-bond donors (Lipinski definition) is 0. The van der Waals surface area contributed by atoms with Crippen LogP contribution in [0.5, 0.6) is 0 Å². The van der Waals surface area contributed by atoms with Gasteiger partial charge < -0.3 is 0 Å². The van der Waals surface area contributed by atoms with E-state index in [1.807, 2.05) is 27.7 Å². The molecule has 0 aromatic heterocycles. The molecule has 0 heterocycles. The van der Waals surface area contributed by atoms with Crippen LogP contribution >= 0.6 is 24.0 Å². The Bertz CT molecular complexity index is 269. The van der Waals surface area contributed by atoms with Gasteiger partial charge in [-0.05, 0) is 57.6 Å². The van der Waals surface area contributed by atoms with Crippen molar-refractivity contribution in [1.82, 2.24) is 0 Å². The number of hydrogen-bond acceptors (Lipinski definition) is 0. The van der Waals surface area contributed by atoms with E-state index in [1.165, 1.54) is 36.8 Å². The fraction of sp³-hybridized carbons (Fsp3) is 0.647. The lowest BCUT2D eigenvalue weighted by Gasteiger charge is -2.15. The highest BCUT2D eigenvalue weighted by molar-refractivity contribution is 14.0. The van der Waals surface area contributed by atoms with Gasteiger partial charge in [0.05, 0.1) is 0 Å². The second-order valence-electron chi connectivity index (χ2n) is 4.12. The summed E-state index contributed by atoms with van der Waals surface area (Å²) >= 11 is 0. The first-order valence-electron chi connectivity index (χ1n) is 7.14. The Balaban J connectivity index is -0.000000409. The molecule has 0 aromatic rings. The van der Waals surface area contributed by atoms with Gasteiger partial charge in [0.25, 0.3) is 0 Å². The maximum absolute atomic E-state index is 3.95. The molecule has 0 unspecified atom stereocenters. The first-order valence-corrected chi connectivity index (χ1v) is 7.14. The summed E-state index contributed by atoms with van der Waals surface area (Å²) in [5, 5.41) is 0. The van der Waals surface area contributed by atoms with Gasteiger partial charge in [-0.1, -0.05) is 51.5 Å². The molecule has 0 saturated carbocycles. The highest BCUT2D eigenvalue weighted by atomic mass is 127.